The molecule has 112 valence electrons. The maximum atomic E-state index is 12.2. The summed E-state index contributed by atoms with van der Waals surface area (Å²) in [5, 5.41) is 2.61. The van der Waals surface area contributed by atoms with E-state index in [1.54, 1.807) is 16.7 Å². The third kappa shape index (κ3) is 3.38. The second kappa shape index (κ2) is 6.56. The van der Waals surface area contributed by atoms with Gasteiger partial charge in [-0.3, -0.25) is 9.59 Å². The van der Waals surface area contributed by atoms with Crippen LogP contribution >= 0.6 is 0 Å². The smallest absolute Gasteiger partial charge is 0.409 e. The Balaban J connectivity index is 1.82. The average molecular weight is 285 g/mol. The van der Waals surface area contributed by atoms with Gasteiger partial charge in [0.25, 0.3) is 0 Å². The molecule has 8 heteroatoms. The van der Waals surface area contributed by atoms with Gasteiger partial charge in [0.1, 0.15) is 12.6 Å². The van der Waals surface area contributed by atoms with Crippen LogP contribution in [0.15, 0.2) is 0 Å². The van der Waals surface area contributed by atoms with Crippen molar-refractivity contribution in [3.05, 3.63) is 0 Å². The first-order valence-corrected chi connectivity index (χ1v) is 6.69. The summed E-state index contributed by atoms with van der Waals surface area (Å²) in [6, 6.07) is -0.620. The van der Waals surface area contributed by atoms with E-state index >= 15 is 0 Å². The number of carbonyl (C=O) groups excluding carboxylic acids is 3. The maximum absolute atomic E-state index is 12.2. The van der Waals surface area contributed by atoms with Crippen LogP contribution in [0.2, 0.25) is 0 Å². The van der Waals surface area contributed by atoms with Crippen LogP contribution < -0.4 is 5.32 Å². The van der Waals surface area contributed by atoms with Gasteiger partial charge < -0.3 is 24.6 Å². The Hall–Kier alpha value is -1.83. The molecule has 0 aromatic carbocycles. The minimum Gasteiger partial charge on any atom is -0.450 e. The van der Waals surface area contributed by atoms with Crippen molar-refractivity contribution < 1.29 is 23.9 Å². The van der Waals surface area contributed by atoms with Gasteiger partial charge in [-0.1, -0.05) is 0 Å². The zero-order chi connectivity index (χ0) is 14.5. The quantitative estimate of drug-likeness (QED) is 0.688. The molecule has 1 unspecified atom stereocenters. The van der Waals surface area contributed by atoms with Crippen LogP contribution in [0.1, 0.15) is 6.92 Å². The lowest BCUT2D eigenvalue weighted by atomic mass is 10.2. The minimum absolute atomic E-state index is 0.000413. The molecular weight excluding hydrogens is 266 g/mol. The third-order valence-corrected chi connectivity index (χ3v) is 3.27. The number of hydrogen-bond acceptors (Lipinski definition) is 5. The molecule has 0 radical (unpaired) electrons. The Kier molecular flexibility index (Phi) is 4.78. The second-order valence-electron chi connectivity index (χ2n) is 4.65. The number of amides is 3. The number of ether oxygens (including phenoxy) is 2. The number of rotatable bonds is 2. The molecule has 0 aromatic rings. The number of hydrogen-bond donors (Lipinski definition) is 1. The Morgan fingerprint density at radius 3 is 2.55 bits per heavy atom. The van der Waals surface area contributed by atoms with E-state index in [1.165, 1.54) is 0 Å². The molecule has 2 aliphatic heterocycles. The van der Waals surface area contributed by atoms with E-state index < -0.39 is 6.04 Å². The summed E-state index contributed by atoms with van der Waals surface area (Å²) in [7, 11) is 0. The summed E-state index contributed by atoms with van der Waals surface area (Å²) < 4.78 is 9.97. The molecule has 0 bridgehead atoms. The van der Waals surface area contributed by atoms with Crippen LogP contribution in [-0.2, 0) is 19.1 Å². The molecule has 1 N–H and O–H groups in total. The third-order valence-electron chi connectivity index (χ3n) is 3.27. The number of nitrogens with zero attached hydrogens (tertiary/aromatic N) is 2. The number of carbonyl (C=O) groups is 3. The van der Waals surface area contributed by atoms with Crippen LogP contribution in [0.3, 0.4) is 0 Å². The van der Waals surface area contributed by atoms with E-state index in [2.05, 4.69) is 5.32 Å². The normalized spacial score (nSPS) is 23.2. The highest BCUT2D eigenvalue weighted by atomic mass is 16.6. The lowest BCUT2D eigenvalue weighted by Crippen LogP contribution is -2.59. The van der Waals surface area contributed by atoms with Crippen LogP contribution in [0, 0.1) is 0 Å². The Labute approximate surface area is 117 Å². The summed E-state index contributed by atoms with van der Waals surface area (Å²) in [5.41, 5.74) is 0. The predicted octanol–water partition coefficient (Wildman–Crippen LogP) is -1.20. The molecule has 2 fully saturated rings. The zero-order valence-electron chi connectivity index (χ0n) is 11.5. The first-order valence-electron chi connectivity index (χ1n) is 6.69. The highest BCUT2D eigenvalue weighted by Crippen LogP contribution is 2.07. The lowest BCUT2D eigenvalue weighted by molar-refractivity contribution is -0.145. The van der Waals surface area contributed by atoms with Gasteiger partial charge in [0.15, 0.2) is 0 Å². The van der Waals surface area contributed by atoms with Crippen molar-refractivity contribution in [2.45, 2.75) is 13.0 Å². The van der Waals surface area contributed by atoms with Gasteiger partial charge in [-0.05, 0) is 6.92 Å². The maximum Gasteiger partial charge on any atom is 0.409 e. The van der Waals surface area contributed by atoms with Gasteiger partial charge in [0.05, 0.1) is 13.2 Å². The van der Waals surface area contributed by atoms with Gasteiger partial charge in [-0.25, -0.2) is 4.79 Å². The van der Waals surface area contributed by atoms with Crippen LogP contribution in [-0.4, -0.2) is 79.7 Å². The molecular formula is C12H19N3O5. The molecule has 0 aliphatic carbocycles. The van der Waals surface area contributed by atoms with E-state index in [1.807, 2.05) is 0 Å². The topological polar surface area (TPSA) is 88.2 Å². The fraction of sp³-hybridized carbons (Fsp3) is 0.750. The molecule has 0 spiro atoms. The van der Waals surface area contributed by atoms with E-state index in [9.17, 15) is 14.4 Å². The number of morpholine rings is 1. The van der Waals surface area contributed by atoms with Gasteiger partial charge in [-0.2, -0.15) is 0 Å². The molecule has 2 aliphatic rings. The Morgan fingerprint density at radius 1 is 1.30 bits per heavy atom. The molecule has 2 heterocycles. The van der Waals surface area contributed by atoms with Gasteiger partial charge in [-0.15, -0.1) is 0 Å². The van der Waals surface area contributed by atoms with E-state index in [0.717, 1.165) is 0 Å². The molecule has 0 aromatic heterocycles. The highest BCUT2D eigenvalue weighted by molar-refractivity contribution is 5.89. The van der Waals surface area contributed by atoms with Crippen molar-refractivity contribution in [1.29, 1.82) is 0 Å². The van der Waals surface area contributed by atoms with Crippen LogP contribution in [0.25, 0.3) is 0 Å². The number of piperazine rings is 1. The monoisotopic (exact) mass is 285 g/mol. The molecule has 3 amide bonds. The summed E-state index contributed by atoms with van der Waals surface area (Å²) >= 11 is 0. The largest absolute Gasteiger partial charge is 0.450 e. The van der Waals surface area contributed by atoms with Gasteiger partial charge in [0, 0.05) is 26.2 Å². The van der Waals surface area contributed by atoms with E-state index in [-0.39, 0.29) is 31.1 Å². The fourth-order valence-electron chi connectivity index (χ4n) is 2.22. The SMILES string of the molecule is CCOC(=O)N1CCN(C(=O)C2COCC(=O)N2)CC1. The predicted molar refractivity (Wildman–Crippen MR) is 67.9 cm³/mol. The van der Waals surface area contributed by atoms with E-state index in [4.69, 9.17) is 9.47 Å². The number of nitrogens with one attached hydrogen (secondary N) is 1. The summed E-state index contributed by atoms with van der Waals surface area (Å²) in [4.78, 5) is 38.1. The lowest BCUT2D eigenvalue weighted by Gasteiger charge is -2.36. The molecule has 1 atom stereocenters. The van der Waals surface area contributed by atoms with Crippen molar-refractivity contribution in [2.75, 3.05) is 46.0 Å². The summed E-state index contributed by atoms with van der Waals surface area (Å²) in [6.07, 6.45) is -0.353. The van der Waals surface area contributed by atoms with Gasteiger partial charge in [0.2, 0.25) is 11.8 Å². The molecule has 20 heavy (non-hydrogen) atoms. The van der Waals surface area contributed by atoms with Crippen molar-refractivity contribution in [3.8, 4) is 0 Å². The van der Waals surface area contributed by atoms with Gasteiger partial charge >= 0.3 is 6.09 Å². The van der Waals surface area contributed by atoms with Crippen molar-refractivity contribution >= 4 is 17.9 Å². The zero-order valence-corrected chi connectivity index (χ0v) is 11.5. The Morgan fingerprint density at radius 2 is 1.95 bits per heavy atom. The fourth-order valence-corrected chi connectivity index (χ4v) is 2.22. The van der Waals surface area contributed by atoms with Crippen molar-refractivity contribution in [2.24, 2.45) is 0 Å². The van der Waals surface area contributed by atoms with Crippen molar-refractivity contribution in [1.82, 2.24) is 15.1 Å². The standard InChI is InChI=1S/C12H19N3O5/c1-2-20-12(18)15-5-3-14(4-6-15)11(17)9-7-19-8-10(16)13-9/h9H,2-8H2,1H3,(H,13,16). The van der Waals surface area contributed by atoms with Crippen LogP contribution in [0.4, 0.5) is 4.79 Å². The Bertz CT molecular complexity index is 393. The van der Waals surface area contributed by atoms with E-state index in [0.29, 0.717) is 32.8 Å². The average Bonchev–Trinajstić information content (AvgIpc) is 2.47. The second-order valence-corrected chi connectivity index (χ2v) is 4.65. The van der Waals surface area contributed by atoms with Crippen LogP contribution in [0.5, 0.6) is 0 Å². The molecule has 8 nitrogen and oxygen atoms in total. The molecule has 0 saturated carbocycles. The molecule has 2 rings (SSSR count). The molecule has 2 saturated heterocycles. The summed E-state index contributed by atoms with van der Waals surface area (Å²) in [6.45, 7) is 4.03. The first-order chi connectivity index (χ1) is 9.61. The minimum atomic E-state index is -0.620. The highest BCUT2D eigenvalue weighted by Gasteiger charge is 2.32. The van der Waals surface area contributed by atoms with Crippen molar-refractivity contribution in [3.63, 3.8) is 0 Å². The first kappa shape index (κ1) is 14.6. The summed E-state index contributed by atoms with van der Waals surface area (Å²) in [5.74, 6) is -0.443.